The lowest BCUT2D eigenvalue weighted by molar-refractivity contribution is -0.150. The zero-order valence-electron chi connectivity index (χ0n) is 25.3. The number of hydrogen-bond acceptors (Lipinski definition) is 5. The van der Waals surface area contributed by atoms with Crippen molar-refractivity contribution in [2.45, 2.75) is 70.4 Å². The molecule has 0 aliphatic carbocycles. The molecule has 0 saturated carbocycles. The molecule has 0 bridgehead atoms. The van der Waals surface area contributed by atoms with E-state index >= 15 is 4.39 Å². The highest BCUT2D eigenvalue weighted by Crippen LogP contribution is 2.58. The molecular weight excluding hydrogens is 549 g/mol. The lowest BCUT2D eigenvalue weighted by Crippen LogP contribution is -2.45. The van der Waals surface area contributed by atoms with Crippen LogP contribution in [0, 0.1) is 11.8 Å². The number of carbonyl (C=O) groups is 3. The number of rotatable bonds is 10. The first-order valence-corrected chi connectivity index (χ1v) is 15.2. The third kappa shape index (κ3) is 5.60. The average molecular weight is 592 g/mol. The fourth-order valence-electron chi connectivity index (χ4n) is 7.31. The molecule has 2 saturated heterocycles. The number of ether oxygens (including phenoxy) is 1. The highest BCUT2D eigenvalue weighted by Gasteiger charge is 2.66. The molecular formula is C34H42FN3O5. The minimum Gasteiger partial charge on any atom is -0.395 e. The van der Waals surface area contributed by atoms with Crippen molar-refractivity contribution in [2.75, 3.05) is 36.0 Å². The molecule has 230 valence electrons. The van der Waals surface area contributed by atoms with Crippen molar-refractivity contribution in [2.24, 2.45) is 11.8 Å². The largest absolute Gasteiger partial charge is 0.395 e. The van der Waals surface area contributed by atoms with Gasteiger partial charge in [-0.05, 0) is 50.5 Å². The number of amides is 3. The fraction of sp³-hybridized carbons (Fsp3) is 0.500. The highest BCUT2D eigenvalue weighted by atomic mass is 19.1. The standard InChI is InChI=1S/C34H42FN3O5/c1-5-16-38-27-15-14-25(37-17-10-9-13-29(37)40)20-26(27)34(32(38)42)23(2)31(33(3,4)35)28(43-34)21-30(41)36(18-19-39)22-24-11-7-6-8-12-24/h5-8,11-12,14-15,20,23,28,31,39H,1,9-10,13,16-19,21-22H2,2-4H3/t23-,28+,31-,34+/m1/s1. The molecule has 3 amide bonds. The van der Waals surface area contributed by atoms with Crippen molar-refractivity contribution in [3.8, 4) is 0 Å². The van der Waals surface area contributed by atoms with E-state index in [4.69, 9.17) is 4.74 Å². The molecule has 4 atom stereocenters. The molecule has 2 aromatic rings. The van der Waals surface area contributed by atoms with E-state index < -0.39 is 29.2 Å². The van der Waals surface area contributed by atoms with Gasteiger partial charge in [0, 0.05) is 55.7 Å². The maximum Gasteiger partial charge on any atom is 0.264 e. The summed E-state index contributed by atoms with van der Waals surface area (Å²) < 4.78 is 22.8. The maximum atomic E-state index is 16.1. The Labute approximate surface area is 253 Å². The van der Waals surface area contributed by atoms with Gasteiger partial charge in [-0.25, -0.2) is 4.39 Å². The van der Waals surface area contributed by atoms with Gasteiger partial charge >= 0.3 is 0 Å². The highest BCUT2D eigenvalue weighted by molar-refractivity contribution is 6.08. The Hall–Kier alpha value is -3.56. The molecule has 2 fully saturated rings. The van der Waals surface area contributed by atoms with Crippen molar-refractivity contribution in [1.29, 1.82) is 0 Å². The van der Waals surface area contributed by atoms with Crippen LogP contribution in [0.1, 0.15) is 57.6 Å². The predicted molar refractivity (Wildman–Crippen MR) is 163 cm³/mol. The molecule has 8 nitrogen and oxygen atoms in total. The molecule has 0 aromatic heterocycles. The monoisotopic (exact) mass is 591 g/mol. The SMILES string of the molecule is C=CCN1C(=O)[C@@]2(O[C@@H](CC(=O)N(CCO)Cc3ccccc3)[C@H](C(C)(C)F)[C@H]2C)c2cc(N3CCCCC3=O)ccc21. The van der Waals surface area contributed by atoms with E-state index in [2.05, 4.69) is 6.58 Å². The van der Waals surface area contributed by atoms with E-state index in [1.54, 1.807) is 20.8 Å². The lowest BCUT2D eigenvalue weighted by Gasteiger charge is -2.33. The molecule has 3 heterocycles. The molecule has 3 aliphatic rings. The Morgan fingerprint density at radius 1 is 1.21 bits per heavy atom. The van der Waals surface area contributed by atoms with Gasteiger partial charge in [-0.1, -0.05) is 43.3 Å². The van der Waals surface area contributed by atoms with E-state index in [0.29, 0.717) is 36.4 Å². The number of fused-ring (bicyclic) bond motifs is 2. The third-order valence-corrected chi connectivity index (χ3v) is 9.21. The Bertz CT molecular complexity index is 1380. The summed E-state index contributed by atoms with van der Waals surface area (Å²) in [7, 11) is 0. The van der Waals surface area contributed by atoms with Gasteiger partial charge < -0.3 is 24.5 Å². The van der Waals surface area contributed by atoms with Gasteiger partial charge in [0.05, 0.1) is 24.8 Å². The number of alkyl halides is 1. The van der Waals surface area contributed by atoms with E-state index in [-0.39, 0.29) is 43.8 Å². The van der Waals surface area contributed by atoms with Crippen LogP contribution in [-0.2, 0) is 31.3 Å². The van der Waals surface area contributed by atoms with Crippen LogP contribution in [0.4, 0.5) is 15.8 Å². The Morgan fingerprint density at radius 2 is 1.95 bits per heavy atom. The topological polar surface area (TPSA) is 90.4 Å². The van der Waals surface area contributed by atoms with Crippen LogP contribution >= 0.6 is 0 Å². The lowest BCUT2D eigenvalue weighted by atomic mass is 9.71. The first-order valence-electron chi connectivity index (χ1n) is 15.2. The second-order valence-electron chi connectivity index (χ2n) is 12.4. The van der Waals surface area contributed by atoms with Crippen LogP contribution < -0.4 is 9.80 Å². The number of halogens is 1. The fourth-order valence-corrected chi connectivity index (χ4v) is 7.31. The van der Waals surface area contributed by atoms with Crippen LogP contribution in [0.15, 0.2) is 61.2 Å². The van der Waals surface area contributed by atoms with Gasteiger partial charge in [-0.2, -0.15) is 0 Å². The van der Waals surface area contributed by atoms with Gasteiger partial charge in [0.25, 0.3) is 5.91 Å². The van der Waals surface area contributed by atoms with E-state index in [9.17, 15) is 19.5 Å². The van der Waals surface area contributed by atoms with Crippen LogP contribution in [0.2, 0.25) is 0 Å². The van der Waals surface area contributed by atoms with Crippen molar-refractivity contribution >= 4 is 29.1 Å². The summed E-state index contributed by atoms with van der Waals surface area (Å²) >= 11 is 0. The van der Waals surface area contributed by atoms with Gasteiger partial charge in [0.1, 0.15) is 5.67 Å². The normalized spacial score (nSPS) is 25.4. The summed E-state index contributed by atoms with van der Waals surface area (Å²) in [4.78, 5) is 45.8. The Kier molecular flexibility index (Phi) is 8.77. The van der Waals surface area contributed by atoms with E-state index in [1.807, 2.05) is 55.5 Å². The number of nitrogens with zero attached hydrogens (tertiary/aromatic N) is 3. The number of anilines is 2. The average Bonchev–Trinajstić information content (AvgIpc) is 3.40. The maximum absolute atomic E-state index is 16.1. The Balaban J connectivity index is 1.53. The molecule has 0 radical (unpaired) electrons. The third-order valence-electron chi connectivity index (χ3n) is 9.21. The zero-order valence-corrected chi connectivity index (χ0v) is 25.3. The first kappa shape index (κ1) is 30.9. The first-order chi connectivity index (χ1) is 20.5. The summed E-state index contributed by atoms with van der Waals surface area (Å²) in [6.07, 6.45) is 2.78. The number of carbonyl (C=O) groups excluding carboxylic acids is 3. The number of benzene rings is 2. The van der Waals surface area contributed by atoms with Gasteiger partial charge in [-0.15, -0.1) is 6.58 Å². The molecule has 1 N–H and O–H groups in total. The van der Waals surface area contributed by atoms with Crippen LogP contribution in [-0.4, -0.2) is 65.7 Å². The zero-order chi connectivity index (χ0) is 30.9. The second kappa shape index (κ2) is 12.2. The summed E-state index contributed by atoms with van der Waals surface area (Å²) in [5.74, 6) is -1.99. The summed E-state index contributed by atoms with van der Waals surface area (Å²) in [6.45, 7) is 9.60. The predicted octanol–water partition coefficient (Wildman–Crippen LogP) is 4.74. The Morgan fingerprint density at radius 3 is 2.60 bits per heavy atom. The number of hydrogen-bond donors (Lipinski definition) is 1. The minimum atomic E-state index is -1.78. The number of aliphatic hydroxyl groups is 1. The molecule has 43 heavy (non-hydrogen) atoms. The van der Waals surface area contributed by atoms with Crippen LogP contribution in [0.3, 0.4) is 0 Å². The van der Waals surface area contributed by atoms with Crippen LogP contribution in [0.5, 0.6) is 0 Å². The minimum absolute atomic E-state index is 0.0292. The van der Waals surface area contributed by atoms with E-state index in [1.165, 1.54) is 13.8 Å². The summed E-state index contributed by atoms with van der Waals surface area (Å²) in [6, 6.07) is 15.0. The summed E-state index contributed by atoms with van der Waals surface area (Å²) in [5, 5.41) is 9.72. The van der Waals surface area contributed by atoms with Crippen molar-refractivity contribution in [3.05, 3.63) is 72.3 Å². The smallest absolute Gasteiger partial charge is 0.264 e. The molecule has 2 aromatic carbocycles. The molecule has 3 aliphatic heterocycles. The van der Waals surface area contributed by atoms with Crippen molar-refractivity contribution in [1.82, 2.24) is 4.90 Å². The van der Waals surface area contributed by atoms with E-state index in [0.717, 1.165) is 18.4 Å². The quantitative estimate of drug-likeness (QED) is 0.403. The molecule has 9 heteroatoms. The van der Waals surface area contributed by atoms with Crippen molar-refractivity contribution < 1.29 is 28.6 Å². The van der Waals surface area contributed by atoms with Crippen LogP contribution in [0.25, 0.3) is 0 Å². The number of piperidine rings is 1. The molecule has 0 unspecified atom stereocenters. The molecule has 5 rings (SSSR count). The summed E-state index contributed by atoms with van der Waals surface area (Å²) in [5.41, 5.74) is -0.500. The van der Waals surface area contributed by atoms with Gasteiger partial charge in [0.2, 0.25) is 11.8 Å². The van der Waals surface area contributed by atoms with Crippen molar-refractivity contribution in [3.63, 3.8) is 0 Å². The number of aliphatic hydroxyl groups excluding tert-OH is 1. The van der Waals surface area contributed by atoms with Gasteiger partial charge in [-0.3, -0.25) is 14.4 Å². The van der Waals surface area contributed by atoms with Gasteiger partial charge in [0.15, 0.2) is 5.60 Å². The molecule has 1 spiro atoms. The second-order valence-corrected chi connectivity index (χ2v) is 12.4.